The lowest BCUT2D eigenvalue weighted by Crippen LogP contribution is -2.23. The third-order valence-electron chi connectivity index (χ3n) is 2.58. The maximum atomic E-state index is 12.0. The van der Waals surface area contributed by atoms with Crippen molar-refractivity contribution in [2.45, 2.75) is 13.5 Å². The monoisotopic (exact) mass is 259 g/mol. The largest absolute Gasteiger partial charge is 0.370 e. The summed E-state index contributed by atoms with van der Waals surface area (Å²) in [6.07, 6.45) is 3.46. The van der Waals surface area contributed by atoms with E-state index in [0.29, 0.717) is 17.9 Å². The van der Waals surface area contributed by atoms with Gasteiger partial charge in [-0.3, -0.25) is 9.48 Å². The van der Waals surface area contributed by atoms with Gasteiger partial charge < -0.3 is 10.6 Å². The molecule has 1 amide bonds. The SMILES string of the molecule is CCNc1cc(C(=O)NCc2ccn(C)n2)ccn1. The molecule has 0 atom stereocenters. The lowest BCUT2D eigenvalue weighted by Gasteiger charge is -2.06. The van der Waals surface area contributed by atoms with Gasteiger partial charge in [-0.1, -0.05) is 0 Å². The molecule has 0 fully saturated rings. The molecule has 2 N–H and O–H groups in total. The van der Waals surface area contributed by atoms with Gasteiger partial charge in [0.25, 0.3) is 5.91 Å². The molecule has 0 radical (unpaired) electrons. The first-order chi connectivity index (χ1) is 9.19. The van der Waals surface area contributed by atoms with E-state index in [2.05, 4.69) is 20.7 Å². The van der Waals surface area contributed by atoms with Gasteiger partial charge in [-0.25, -0.2) is 4.98 Å². The Labute approximate surface area is 111 Å². The second-order valence-corrected chi connectivity index (χ2v) is 4.12. The highest BCUT2D eigenvalue weighted by atomic mass is 16.1. The predicted molar refractivity (Wildman–Crippen MR) is 72.8 cm³/mol. The average molecular weight is 259 g/mol. The fourth-order valence-electron chi connectivity index (χ4n) is 1.68. The summed E-state index contributed by atoms with van der Waals surface area (Å²) in [5, 5.41) is 10.1. The Balaban J connectivity index is 1.97. The topological polar surface area (TPSA) is 71.8 Å². The highest BCUT2D eigenvalue weighted by Crippen LogP contribution is 2.06. The van der Waals surface area contributed by atoms with Gasteiger partial charge in [0.05, 0.1) is 12.2 Å². The maximum absolute atomic E-state index is 12.0. The van der Waals surface area contributed by atoms with Crippen molar-refractivity contribution in [3.63, 3.8) is 0 Å². The molecule has 0 bridgehead atoms. The van der Waals surface area contributed by atoms with E-state index < -0.39 is 0 Å². The van der Waals surface area contributed by atoms with Crippen LogP contribution in [0.1, 0.15) is 23.0 Å². The molecule has 0 unspecified atom stereocenters. The number of nitrogens with one attached hydrogen (secondary N) is 2. The minimum absolute atomic E-state index is 0.132. The Morgan fingerprint density at radius 3 is 2.95 bits per heavy atom. The zero-order valence-corrected chi connectivity index (χ0v) is 11.1. The van der Waals surface area contributed by atoms with Crippen LogP contribution in [0.25, 0.3) is 0 Å². The number of aromatic nitrogens is 3. The molecule has 0 aliphatic heterocycles. The van der Waals surface area contributed by atoms with E-state index in [1.807, 2.05) is 26.2 Å². The molecule has 19 heavy (non-hydrogen) atoms. The molecule has 100 valence electrons. The fraction of sp³-hybridized carbons (Fsp3) is 0.308. The number of aryl methyl sites for hydroxylation is 1. The second-order valence-electron chi connectivity index (χ2n) is 4.12. The number of rotatable bonds is 5. The molecule has 6 nitrogen and oxygen atoms in total. The standard InChI is InChI=1S/C13H17N5O/c1-3-14-12-8-10(4-6-15-12)13(19)16-9-11-5-7-18(2)17-11/h4-8H,3,9H2,1-2H3,(H,14,15)(H,16,19). The molecule has 6 heteroatoms. The molecule has 0 saturated carbocycles. The minimum Gasteiger partial charge on any atom is -0.370 e. The number of carbonyl (C=O) groups is 1. The van der Waals surface area contributed by atoms with Crippen LogP contribution in [0.4, 0.5) is 5.82 Å². The van der Waals surface area contributed by atoms with Crippen molar-refractivity contribution in [1.82, 2.24) is 20.1 Å². The average Bonchev–Trinajstić information content (AvgIpc) is 2.82. The van der Waals surface area contributed by atoms with Crippen LogP contribution in [0.5, 0.6) is 0 Å². The van der Waals surface area contributed by atoms with Gasteiger partial charge in [0.2, 0.25) is 0 Å². The zero-order chi connectivity index (χ0) is 13.7. The Morgan fingerprint density at radius 2 is 2.26 bits per heavy atom. The van der Waals surface area contributed by atoms with Gasteiger partial charge in [-0.2, -0.15) is 5.10 Å². The fourth-order valence-corrected chi connectivity index (χ4v) is 1.68. The van der Waals surface area contributed by atoms with E-state index in [9.17, 15) is 4.79 Å². The maximum Gasteiger partial charge on any atom is 0.251 e. The molecule has 0 aromatic carbocycles. The Morgan fingerprint density at radius 1 is 1.42 bits per heavy atom. The number of hydrogen-bond donors (Lipinski definition) is 2. The number of pyridine rings is 1. The van der Waals surface area contributed by atoms with Crippen LogP contribution in [0.2, 0.25) is 0 Å². The number of amides is 1. The Kier molecular flexibility index (Phi) is 4.12. The highest BCUT2D eigenvalue weighted by molar-refractivity contribution is 5.94. The quantitative estimate of drug-likeness (QED) is 0.845. The van der Waals surface area contributed by atoms with Crippen LogP contribution in [-0.2, 0) is 13.6 Å². The first-order valence-electron chi connectivity index (χ1n) is 6.15. The summed E-state index contributed by atoms with van der Waals surface area (Å²) in [6, 6.07) is 5.29. The molecular weight excluding hydrogens is 242 g/mol. The highest BCUT2D eigenvalue weighted by Gasteiger charge is 2.07. The Bertz CT molecular complexity index is 564. The molecule has 0 aliphatic rings. The minimum atomic E-state index is -0.132. The van der Waals surface area contributed by atoms with Crippen molar-refractivity contribution >= 4 is 11.7 Å². The summed E-state index contributed by atoms with van der Waals surface area (Å²) in [6.45, 7) is 3.17. The van der Waals surface area contributed by atoms with Crippen molar-refractivity contribution in [2.24, 2.45) is 7.05 Å². The molecule has 2 aromatic heterocycles. The smallest absolute Gasteiger partial charge is 0.251 e. The summed E-state index contributed by atoms with van der Waals surface area (Å²) in [4.78, 5) is 16.1. The molecule has 0 saturated heterocycles. The normalized spacial score (nSPS) is 10.2. The van der Waals surface area contributed by atoms with E-state index in [4.69, 9.17) is 0 Å². The van der Waals surface area contributed by atoms with Crippen molar-refractivity contribution in [3.8, 4) is 0 Å². The third-order valence-corrected chi connectivity index (χ3v) is 2.58. The number of carbonyl (C=O) groups excluding carboxylic acids is 1. The van der Waals surface area contributed by atoms with E-state index >= 15 is 0 Å². The first-order valence-corrected chi connectivity index (χ1v) is 6.15. The zero-order valence-electron chi connectivity index (χ0n) is 11.1. The van der Waals surface area contributed by atoms with Crippen LogP contribution in [0.3, 0.4) is 0 Å². The Hall–Kier alpha value is -2.37. The van der Waals surface area contributed by atoms with Crippen LogP contribution in [-0.4, -0.2) is 27.2 Å². The molecule has 2 rings (SSSR count). The molecule has 2 heterocycles. The van der Waals surface area contributed by atoms with E-state index in [1.165, 1.54) is 0 Å². The van der Waals surface area contributed by atoms with Gasteiger partial charge in [-0.15, -0.1) is 0 Å². The van der Waals surface area contributed by atoms with Crippen LogP contribution in [0, 0.1) is 0 Å². The summed E-state index contributed by atoms with van der Waals surface area (Å²) in [5.74, 6) is 0.570. The summed E-state index contributed by atoms with van der Waals surface area (Å²) in [5.41, 5.74) is 1.42. The van der Waals surface area contributed by atoms with Gasteiger partial charge in [0.1, 0.15) is 5.82 Å². The van der Waals surface area contributed by atoms with E-state index in [0.717, 1.165) is 12.2 Å². The van der Waals surface area contributed by atoms with Gasteiger partial charge in [-0.05, 0) is 25.1 Å². The van der Waals surface area contributed by atoms with Crippen molar-refractivity contribution < 1.29 is 4.79 Å². The van der Waals surface area contributed by atoms with Gasteiger partial charge >= 0.3 is 0 Å². The summed E-state index contributed by atoms with van der Waals surface area (Å²) in [7, 11) is 1.84. The number of hydrogen-bond acceptors (Lipinski definition) is 4. The van der Waals surface area contributed by atoms with E-state index in [-0.39, 0.29) is 5.91 Å². The third kappa shape index (κ3) is 3.54. The lowest BCUT2D eigenvalue weighted by atomic mass is 10.2. The second kappa shape index (κ2) is 5.99. The molecule has 2 aromatic rings. The lowest BCUT2D eigenvalue weighted by molar-refractivity contribution is 0.0950. The summed E-state index contributed by atoms with van der Waals surface area (Å²) >= 11 is 0. The van der Waals surface area contributed by atoms with Crippen molar-refractivity contribution in [2.75, 3.05) is 11.9 Å². The van der Waals surface area contributed by atoms with Gasteiger partial charge in [0.15, 0.2) is 0 Å². The van der Waals surface area contributed by atoms with Crippen molar-refractivity contribution in [3.05, 3.63) is 41.9 Å². The number of anilines is 1. The van der Waals surface area contributed by atoms with Gasteiger partial charge in [0, 0.05) is 31.5 Å². The first kappa shape index (κ1) is 13.1. The summed E-state index contributed by atoms with van der Waals surface area (Å²) < 4.78 is 1.71. The van der Waals surface area contributed by atoms with Crippen LogP contribution in [0.15, 0.2) is 30.6 Å². The van der Waals surface area contributed by atoms with Crippen LogP contribution >= 0.6 is 0 Å². The number of nitrogens with zero attached hydrogens (tertiary/aromatic N) is 3. The molecular formula is C13H17N5O. The van der Waals surface area contributed by atoms with E-state index in [1.54, 1.807) is 23.0 Å². The molecule has 0 spiro atoms. The van der Waals surface area contributed by atoms with Crippen molar-refractivity contribution in [1.29, 1.82) is 0 Å². The predicted octanol–water partition coefficient (Wildman–Crippen LogP) is 1.18. The molecule has 0 aliphatic carbocycles. The van der Waals surface area contributed by atoms with Crippen LogP contribution < -0.4 is 10.6 Å².